The van der Waals surface area contributed by atoms with E-state index in [0.29, 0.717) is 16.0 Å². The number of furan rings is 1. The van der Waals surface area contributed by atoms with Crippen LogP contribution in [0.25, 0.3) is 10.9 Å². The van der Waals surface area contributed by atoms with Gasteiger partial charge < -0.3 is 4.42 Å². The van der Waals surface area contributed by atoms with E-state index in [-0.39, 0.29) is 16.4 Å². The van der Waals surface area contributed by atoms with Crippen LogP contribution in [0, 0.1) is 0 Å². The highest BCUT2D eigenvalue weighted by Crippen LogP contribution is 2.19. The minimum Gasteiger partial charge on any atom is -0.459 e. The molecule has 2 heterocycles. The van der Waals surface area contributed by atoms with Gasteiger partial charge >= 0.3 is 0 Å². The third-order valence-electron chi connectivity index (χ3n) is 2.85. The Morgan fingerprint density at radius 2 is 2.05 bits per heavy atom. The molecule has 6 heteroatoms. The zero-order valence-electron chi connectivity index (χ0n) is 10.6. The number of fused-ring (bicyclic) bond motifs is 1. The van der Waals surface area contributed by atoms with Gasteiger partial charge in [-0.25, -0.2) is 4.98 Å². The molecule has 0 atom stereocenters. The summed E-state index contributed by atoms with van der Waals surface area (Å²) in [7, 11) is 1.57. The number of aromatic nitrogens is 1. The van der Waals surface area contributed by atoms with Crippen LogP contribution in [0.2, 0.25) is 0 Å². The lowest BCUT2D eigenvalue weighted by atomic mass is 10.3. The van der Waals surface area contributed by atoms with Gasteiger partial charge in [0.05, 0.1) is 17.2 Å². The van der Waals surface area contributed by atoms with Crippen molar-refractivity contribution in [3.05, 3.63) is 58.0 Å². The summed E-state index contributed by atoms with van der Waals surface area (Å²) in [5.41, 5.74) is 0.574. The van der Waals surface area contributed by atoms with Crippen LogP contribution in [0.3, 0.4) is 0 Å². The van der Waals surface area contributed by atoms with E-state index in [1.165, 1.54) is 11.2 Å². The van der Waals surface area contributed by atoms with Crippen LogP contribution in [-0.2, 0) is 0 Å². The lowest BCUT2D eigenvalue weighted by Gasteiger charge is -2.13. The maximum atomic E-state index is 12.2. The number of para-hydroxylation sites is 1. The van der Waals surface area contributed by atoms with Crippen molar-refractivity contribution in [3.63, 3.8) is 0 Å². The van der Waals surface area contributed by atoms with Crippen LogP contribution >= 0.6 is 11.3 Å². The maximum Gasteiger partial charge on any atom is 0.295 e. The first kappa shape index (κ1) is 12.6. The number of carbonyl (C=O) groups is 1. The SMILES string of the molecule is CN(C(=O)c1ccco1)c1nc2ccccc2c(=O)s1. The number of nitrogens with zero attached hydrogens (tertiary/aromatic N) is 2. The first-order valence-electron chi connectivity index (χ1n) is 5.88. The number of carbonyl (C=O) groups excluding carboxylic acids is 1. The summed E-state index contributed by atoms with van der Waals surface area (Å²) in [6.07, 6.45) is 1.43. The Morgan fingerprint density at radius 3 is 2.80 bits per heavy atom. The Bertz CT molecular complexity index is 824. The molecule has 0 N–H and O–H groups in total. The molecule has 0 unspecified atom stereocenters. The average Bonchev–Trinajstić information content (AvgIpc) is 3.00. The normalized spacial score (nSPS) is 10.7. The fourth-order valence-electron chi connectivity index (χ4n) is 1.80. The van der Waals surface area contributed by atoms with Gasteiger partial charge in [-0.2, -0.15) is 0 Å². The highest BCUT2D eigenvalue weighted by Gasteiger charge is 2.18. The number of amides is 1. The van der Waals surface area contributed by atoms with Gasteiger partial charge in [-0.3, -0.25) is 14.5 Å². The smallest absolute Gasteiger partial charge is 0.295 e. The number of hydrogen-bond acceptors (Lipinski definition) is 5. The molecule has 3 rings (SSSR count). The fraction of sp³-hybridized carbons (Fsp3) is 0.0714. The highest BCUT2D eigenvalue weighted by atomic mass is 32.1. The quantitative estimate of drug-likeness (QED) is 0.726. The highest BCUT2D eigenvalue weighted by molar-refractivity contribution is 7.13. The molecule has 0 radical (unpaired) electrons. The Hall–Kier alpha value is -2.47. The molecule has 0 aliphatic rings. The molecule has 3 aromatic rings. The molecule has 0 aliphatic carbocycles. The Balaban J connectivity index is 2.06. The molecule has 5 nitrogen and oxygen atoms in total. The van der Waals surface area contributed by atoms with E-state index in [2.05, 4.69) is 4.98 Å². The van der Waals surface area contributed by atoms with E-state index >= 15 is 0 Å². The summed E-state index contributed by atoms with van der Waals surface area (Å²) in [6, 6.07) is 10.3. The van der Waals surface area contributed by atoms with Crippen LogP contribution < -0.4 is 9.64 Å². The average molecular weight is 286 g/mol. The summed E-state index contributed by atoms with van der Waals surface area (Å²) < 4.78 is 4.94. The van der Waals surface area contributed by atoms with E-state index in [9.17, 15) is 9.59 Å². The zero-order chi connectivity index (χ0) is 14.1. The van der Waals surface area contributed by atoms with Crippen molar-refractivity contribution in [2.45, 2.75) is 0 Å². The second-order valence-corrected chi connectivity index (χ2v) is 5.08. The predicted octanol–water partition coefficient (Wildman–Crippen LogP) is 2.53. The molecular weight excluding hydrogens is 276 g/mol. The van der Waals surface area contributed by atoms with Crippen molar-refractivity contribution in [3.8, 4) is 0 Å². The van der Waals surface area contributed by atoms with Gasteiger partial charge in [-0.15, -0.1) is 0 Å². The van der Waals surface area contributed by atoms with Crippen molar-refractivity contribution in [2.75, 3.05) is 11.9 Å². The van der Waals surface area contributed by atoms with Crippen LogP contribution in [0.15, 0.2) is 51.9 Å². The number of anilines is 1. The molecule has 0 bridgehead atoms. The Kier molecular flexibility index (Phi) is 3.08. The summed E-state index contributed by atoms with van der Waals surface area (Å²) in [5.74, 6) is -0.129. The van der Waals surface area contributed by atoms with Crippen LogP contribution in [0.4, 0.5) is 5.13 Å². The summed E-state index contributed by atoms with van der Waals surface area (Å²) in [5, 5.41) is 0.898. The molecule has 20 heavy (non-hydrogen) atoms. The monoisotopic (exact) mass is 286 g/mol. The van der Waals surface area contributed by atoms with Crippen LogP contribution in [-0.4, -0.2) is 17.9 Å². The molecule has 0 aliphatic heterocycles. The van der Waals surface area contributed by atoms with Gasteiger partial charge in [0, 0.05) is 7.05 Å². The third kappa shape index (κ3) is 2.10. The maximum absolute atomic E-state index is 12.2. The first-order valence-corrected chi connectivity index (χ1v) is 6.70. The van der Waals surface area contributed by atoms with Crippen molar-refractivity contribution in [1.82, 2.24) is 4.98 Å². The second-order valence-electron chi connectivity index (χ2n) is 4.14. The van der Waals surface area contributed by atoms with Crippen LogP contribution in [0.1, 0.15) is 10.6 Å². The van der Waals surface area contributed by atoms with Gasteiger partial charge in [0.2, 0.25) is 4.74 Å². The number of benzene rings is 1. The van der Waals surface area contributed by atoms with E-state index in [0.717, 1.165) is 11.3 Å². The fourth-order valence-corrected chi connectivity index (χ4v) is 2.62. The molecule has 0 saturated carbocycles. The zero-order valence-corrected chi connectivity index (χ0v) is 11.4. The molecule has 100 valence electrons. The van der Waals surface area contributed by atoms with E-state index < -0.39 is 0 Å². The molecule has 0 fully saturated rings. The molecule has 1 aromatic carbocycles. The number of rotatable bonds is 2. The lowest BCUT2D eigenvalue weighted by molar-refractivity contribution is 0.0966. The second kappa shape index (κ2) is 4.90. The standard InChI is InChI=1S/C14H10N2O3S/c1-16(12(17)11-7-4-8-19-11)14-15-10-6-3-2-5-9(10)13(18)20-14/h2-8H,1H3. The predicted molar refractivity (Wildman–Crippen MR) is 77.3 cm³/mol. The third-order valence-corrected chi connectivity index (χ3v) is 3.80. The van der Waals surface area contributed by atoms with Crippen molar-refractivity contribution in [1.29, 1.82) is 0 Å². The van der Waals surface area contributed by atoms with E-state index in [1.807, 2.05) is 0 Å². The van der Waals surface area contributed by atoms with Gasteiger partial charge in [0.25, 0.3) is 5.91 Å². The number of hydrogen-bond donors (Lipinski definition) is 0. The van der Waals surface area contributed by atoms with Crippen LogP contribution in [0.5, 0.6) is 0 Å². The van der Waals surface area contributed by atoms with E-state index in [4.69, 9.17) is 4.42 Å². The van der Waals surface area contributed by atoms with Crippen molar-refractivity contribution in [2.24, 2.45) is 0 Å². The Labute approximate surface area is 118 Å². The molecule has 0 spiro atoms. The summed E-state index contributed by atoms with van der Waals surface area (Å²) in [4.78, 5) is 29.8. The van der Waals surface area contributed by atoms with Gasteiger partial charge in [-0.1, -0.05) is 23.5 Å². The molecular formula is C14H10N2O3S. The van der Waals surface area contributed by atoms with E-state index in [1.54, 1.807) is 43.4 Å². The first-order chi connectivity index (χ1) is 9.66. The summed E-state index contributed by atoms with van der Waals surface area (Å²) in [6.45, 7) is 0. The minimum absolute atomic E-state index is 0.121. The lowest BCUT2D eigenvalue weighted by Crippen LogP contribution is -2.26. The summed E-state index contributed by atoms with van der Waals surface area (Å²) >= 11 is 0.937. The Morgan fingerprint density at radius 1 is 1.25 bits per heavy atom. The molecule has 2 aromatic heterocycles. The van der Waals surface area contributed by atoms with Crippen molar-refractivity contribution >= 4 is 33.3 Å². The van der Waals surface area contributed by atoms with Gasteiger partial charge in [0.1, 0.15) is 0 Å². The molecule has 1 amide bonds. The van der Waals surface area contributed by atoms with Gasteiger partial charge in [0.15, 0.2) is 10.9 Å². The molecule has 0 saturated heterocycles. The largest absolute Gasteiger partial charge is 0.459 e. The topological polar surface area (TPSA) is 63.4 Å². The van der Waals surface area contributed by atoms with Crippen molar-refractivity contribution < 1.29 is 9.21 Å². The minimum atomic E-state index is -0.339. The van der Waals surface area contributed by atoms with Gasteiger partial charge in [-0.05, 0) is 24.3 Å².